The summed E-state index contributed by atoms with van der Waals surface area (Å²) in [4.78, 5) is 26.0. The molecule has 33 heavy (non-hydrogen) atoms. The molecule has 6 nitrogen and oxygen atoms in total. The van der Waals surface area contributed by atoms with Crippen molar-refractivity contribution in [2.75, 3.05) is 25.3 Å². The minimum Gasteiger partial charge on any atom is -0.493 e. The predicted octanol–water partition coefficient (Wildman–Crippen LogP) is 5.06. The van der Waals surface area contributed by atoms with E-state index in [2.05, 4.69) is 10.6 Å². The molecule has 0 spiro atoms. The molecule has 0 fully saturated rings. The molecule has 8 heteroatoms. The number of carbonyl (C=O) groups is 2. The Morgan fingerprint density at radius 3 is 2.39 bits per heavy atom. The first-order valence-corrected chi connectivity index (χ1v) is 11.2. The van der Waals surface area contributed by atoms with Gasteiger partial charge < -0.3 is 20.1 Å². The Morgan fingerprint density at radius 1 is 0.970 bits per heavy atom. The summed E-state index contributed by atoms with van der Waals surface area (Å²) in [5, 5.41) is 5.64. The SMILES string of the molecule is COc1ccc(NC(=O)CSc2ccccc2C(=O)NC(C)c2ccccc2F)cc1OC. The second-order valence-corrected chi connectivity index (χ2v) is 8.14. The second-order valence-electron chi connectivity index (χ2n) is 7.12. The van der Waals surface area contributed by atoms with Gasteiger partial charge in [-0.1, -0.05) is 30.3 Å². The number of thioether (sulfide) groups is 1. The largest absolute Gasteiger partial charge is 0.493 e. The lowest BCUT2D eigenvalue weighted by molar-refractivity contribution is -0.113. The first-order valence-electron chi connectivity index (χ1n) is 10.2. The van der Waals surface area contributed by atoms with Crippen LogP contribution in [0.2, 0.25) is 0 Å². The zero-order valence-corrected chi connectivity index (χ0v) is 19.4. The molecule has 2 amide bonds. The van der Waals surface area contributed by atoms with Crippen molar-refractivity contribution < 1.29 is 23.5 Å². The van der Waals surface area contributed by atoms with Gasteiger partial charge in [-0.2, -0.15) is 0 Å². The predicted molar refractivity (Wildman–Crippen MR) is 128 cm³/mol. The van der Waals surface area contributed by atoms with Gasteiger partial charge in [0.2, 0.25) is 5.91 Å². The van der Waals surface area contributed by atoms with Crippen LogP contribution in [0.5, 0.6) is 11.5 Å². The van der Waals surface area contributed by atoms with Gasteiger partial charge in [0.1, 0.15) is 5.82 Å². The Kier molecular flexibility index (Phi) is 8.32. The fourth-order valence-electron chi connectivity index (χ4n) is 3.21. The number of rotatable bonds is 9. The molecule has 0 saturated heterocycles. The summed E-state index contributed by atoms with van der Waals surface area (Å²) in [7, 11) is 3.06. The zero-order valence-electron chi connectivity index (χ0n) is 18.6. The van der Waals surface area contributed by atoms with Crippen LogP contribution in [0.15, 0.2) is 71.6 Å². The molecule has 0 aliphatic rings. The van der Waals surface area contributed by atoms with E-state index < -0.39 is 6.04 Å². The maximum atomic E-state index is 14.0. The summed E-state index contributed by atoms with van der Waals surface area (Å²) in [6.07, 6.45) is 0. The highest BCUT2D eigenvalue weighted by atomic mass is 32.2. The molecule has 0 radical (unpaired) electrons. The van der Waals surface area contributed by atoms with Gasteiger partial charge in [0.05, 0.1) is 31.6 Å². The summed E-state index contributed by atoms with van der Waals surface area (Å²) < 4.78 is 24.5. The number of methoxy groups -OCH3 is 2. The molecule has 0 heterocycles. The third-order valence-corrected chi connectivity index (χ3v) is 5.95. The average Bonchev–Trinajstić information content (AvgIpc) is 2.83. The van der Waals surface area contributed by atoms with Gasteiger partial charge in [0, 0.05) is 22.2 Å². The number of hydrogen-bond donors (Lipinski definition) is 2. The summed E-state index contributed by atoms with van der Waals surface area (Å²) in [6.45, 7) is 1.72. The molecule has 172 valence electrons. The molecular formula is C25H25FN2O4S. The molecule has 0 aliphatic heterocycles. The van der Waals surface area contributed by atoms with E-state index in [4.69, 9.17) is 9.47 Å². The summed E-state index contributed by atoms with van der Waals surface area (Å²) >= 11 is 1.24. The molecule has 0 saturated carbocycles. The number of carbonyl (C=O) groups excluding carboxylic acids is 2. The molecule has 3 aromatic rings. The summed E-state index contributed by atoms with van der Waals surface area (Å²) in [5.41, 5.74) is 1.40. The van der Waals surface area contributed by atoms with Crippen LogP contribution in [-0.4, -0.2) is 31.8 Å². The Bertz CT molecular complexity index is 1140. The molecule has 1 atom stereocenters. The maximum Gasteiger partial charge on any atom is 0.252 e. The molecule has 0 aromatic heterocycles. The van der Waals surface area contributed by atoms with Gasteiger partial charge in [-0.15, -0.1) is 11.8 Å². The number of hydrogen-bond acceptors (Lipinski definition) is 5. The van der Waals surface area contributed by atoms with E-state index in [9.17, 15) is 14.0 Å². The lowest BCUT2D eigenvalue weighted by Crippen LogP contribution is -2.27. The van der Waals surface area contributed by atoms with E-state index in [1.54, 1.807) is 67.6 Å². The van der Waals surface area contributed by atoms with Crippen LogP contribution in [-0.2, 0) is 4.79 Å². The van der Waals surface area contributed by atoms with Gasteiger partial charge in [0.15, 0.2) is 11.5 Å². The summed E-state index contributed by atoms with van der Waals surface area (Å²) in [5.74, 6) is 0.223. The van der Waals surface area contributed by atoms with Crippen molar-refractivity contribution in [3.05, 3.63) is 83.7 Å². The lowest BCUT2D eigenvalue weighted by Gasteiger charge is -2.16. The van der Waals surface area contributed by atoms with E-state index in [0.29, 0.717) is 33.2 Å². The summed E-state index contributed by atoms with van der Waals surface area (Å²) in [6, 6.07) is 17.9. The molecular weight excluding hydrogens is 443 g/mol. The van der Waals surface area contributed by atoms with Crippen molar-refractivity contribution in [3.8, 4) is 11.5 Å². The number of anilines is 1. The van der Waals surface area contributed by atoms with E-state index in [1.165, 1.54) is 32.0 Å². The van der Waals surface area contributed by atoms with Crippen LogP contribution in [0.4, 0.5) is 10.1 Å². The van der Waals surface area contributed by atoms with Crippen molar-refractivity contribution in [1.29, 1.82) is 0 Å². The molecule has 0 bridgehead atoms. The molecule has 3 rings (SSSR count). The normalized spacial score (nSPS) is 11.4. The number of halogens is 1. The first kappa shape index (κ1) is 24.1. The number of ether oxygens (including phenoxy) is 2. The second kappa shape index (κ2) is 11.4. The van der Waals surface area contributed by atoms with E-state index in [1.807, 2.05) is 0 Å². The van der Waals surface area contributed by atoms with Gasteiger partial charge in [-0.3, -0.25) is 9.59 Å². The monoisotopic (exact) mass is 468 g/mol. The fraction of sp³-hybridized carbons (Fsp3) is 0.200. The maximum absolute atomic E-state index is 14.0. The van der Waals surface area contributed by atoms with E-state index in [-0.39, 0.29) is 23.4 Å². The topological polar surface area (TPSA) is 76.7 Å². The van der Waals surface area contributed by atoms with Gasteiger partial charge in [0.25, 0.3) is 5.91 Å². The lowest BCUT2D eigenvalue weighted by atomic mass is 10.1. The Morgan fingerprint density at radius 2 is 1.67 bits per heavy atom. The number of amides is 2. The van der Waals surface area contributed by atoms with Gasteiger partial charge >= 0.3 is 0 Å². The van der Waals surface area contributed by atoms with Crippen LogP contribution in [0.25, 0.3) is 0 Å². The van der Waals surface area contributed by atoms with E-state index >= 15 is 0 Å². The minimum atomic E-state index is -0.509. The van der Waals surface area contributed by atoms with Gasteiger partial charge in [-0.05, 0) is 37.3 Å². The smallest absolute Gasteiger partial charge is 0.252 e. The van der Waals surface area contributed by atoms with Crippen LogP contribution >= 0.6 is 11.8 Å². The molecule has 0 aliphatic carbocycles. The van der Waals surface area contributed by atoms with Crippen molar-refractivity contribution in [2.45, 2.75) is 17.9 Å². The van der Waals surface area contributed by atoms with Crippen LogP contribution < -0.4 is 20.1 Å². The van der Waals surface area contributed by atoms with Crippen LogP contribution in [0.1, 0.15) is 28.9 Å². The molecule has 3 aromatic carbocycles. The third-order valence-electron chi connectivity index (χ3n) is 4.88. The van der Waals surface area contributed by atoms with Crippen molar-refractivity contribution in [1.82, 2.24) is 5.32 Å². The van der Waals surface area contributed by atoms with Gasteiger partial charge in [-0.25, -0.2) is 4.39 Å². The molecule has 1 unspecified atom stereocenters. The highest BCUT2D eigenvalue weighted by Crippen LogP contribution is 2.30. The van der Waals surface area contributed by atoms with Crippen molar-refractivity contribution in [3.63, 3.8) is 0 Å². The minimum absolute atomic E-state index is 0.0987. The van der Waals surface area contributed by atoms with E-state index in [0.717, 1.165) is 0 Å². The standard InChI is InChI=1S/C25H25FN2O4S/c1-16(18-8-4-6-10-20(18)26)27-25(30)19-9-5-7-11-23(19)33-15-24(29)28-17-12-13-21(31-2)22(14-17)32-3/h4-14,16H,15H2,1-3H3,(H,27,30)(H,28,29). The average molecular weight is 469 g/mol. The quantitative estimate of drug-likeness (QED) is 0.429. The number of benzene rings is 3. The van der Waals surface area contributed by atoms with Crippen LogP contribution in [0, 0.1) is 5.82 Å². The van der Waals surface area contributed by atoms with Crippen LogP contribution in [0.3, 0.4) is 0 Å². The Labute approximate surface area is 196 Å². The highest BCUT2D eigenvalue weighted by Gasteiger charge is 2.17. The van der Waals surface area contributed by atoms with Crippen molar-refractivity contribution in [2.24, 2.45) is 0 Å². The van der Waals surface area contributed by atoms with Crippen molar-refractivity contribution >= 4 is 29.3 Å². The fourth-order valence-corrected chi connectivity index (χ4v) is 4.06. The Hall–Kier alpha value is -3.52. The molecule has 2 N–H and O–H groups in total. The third kappa shape index (κ3) is 6.26. The Balaban J connectivity index is 1.64. The first-order chi connectivity index (χ1) is 15.9. The highest BCUT2D eigenvalue weighted by molar-refractivity contribution is 8.00. The zero-order chi connectivity index (χ0) is 23.8. The number of nitrogens with one attached hydrogen (secondary N) is 2.